The standard InChI is InChI=1S/C10H9N3O4.C5H12/c14-9(15)11-5-6-1-3-7(4-2-6)8-12-13-10(16)17-8;1-3-5-4-2/h1-4,11H,5H2,(H,13,16)(H,14,15);3-5H2,1-2H3. The van der Waals surface area contributed by atoms with Gasteiger partial charge < -0.3 is 14.8 Å². The summed E-state index contributed by atoms with van der Waals surface area (Å²) >= 11 is 0. The Kier molecular flexibility index (Phi) is 7.45. The van der Waals surface area contributed by atoms with Crippen LogP contribution in [-0.2, 0) is 6.54 Å². The highest BCUT2D eigenvalue weighted by Crippen LogP contribution is 2.15. The molecule has 0 atom stereocenters. The Labute approximate surface area is 128 Å². The second-order valence-electron chi connectivity index (χ2n) is 4.63. The topological polar surface area (TPSA) is 108 Å². The fourth-order valence-corrected chi connectivity index (χ4v) is 1.65. The van der Waals surface area contributed by atoms with Gasteiger partial charge in [0.2, 0.25) is 5.89 Å². The van der Waals surface area contributed by atoms with Crippen molar-refractivity contribution in [1.82, 2.24) is 15.5 Å². The van der Waals surface area contributed by atoms with Gasteiger partial charge in [-0.1, -0.05) is 45.2 Å². The molecule has 0 aliphatic carbocycles. The largest absolute Gasteiger partial charge is 0.465 e. The fraction of sp³-hybridized carbons (Fsp3) is 0.400. The van der Waals surface area contributed by atoms with Gasteiger partial charge >= 0.3 is 11.8 Å². The number of aromatic nitrogens is 2. The predicted molar refractivity (Wildman–Crippen MR) is 82.6 cm³/mol. The summed E-state index contributed by atoms with van der Waals surface area (Å²) in [5.41, 5.74) is 1.44. The molecule has 0 aliphatic heterocycles. The summed E-state index contributed by atoms with van der Waals surface area (Å²) in [6, 6.07) is 6.83. The Balaban J connectivity index is 0.000000422. The predicted octanol–water partition coefficient (Wildman–Crippen LogP) is 2.99. The first-order chi connectivity index (χ1) is 10.6. The maximum absolute atomic E-state index is 10.7. The number of H-pyrrole nitrogens is 1. The monoisotopic (exact) mass is 307 g/mol. The summed E-state index contributed by atoms with van der Waals surface area (Å²) in [7, 11) is 0. The van der Waals surface area contributed by atoms with Gasteiger partial charge in [0.25, 0.3) is 0 Å². The molecule has 0 unspecified atom stereocenters. The van der Waals surface area contributed by atoms with Crippen molar-refractivity contribution >= 4 is 6.09 Å². The number of hydrogen-bond donors (Lipinski definition) is 3. The molecule has 7 heteroatoms. The van der Waals surface area contributed by atoms with Crippen LogP contribution in [0.15, 0.2) is 33.5 Å². The van der Waals surface area contributed by atoms with Crippen LogP contribution in [0.5, 0.6) is 0 Å². The Bertz CT molecular complexity index is 614. The van der Waals surface area contributed by atoms with Crippen molar-refractivity contribution in [2.24, 2.45) is 0 Å². The minimum atomic E-state index is -1.08. The first-order valence-electron chi connectivity index (χ1n) is 7.18. The Hall–Kier alpha value is -2.57. The minimum absolute atomic E-state index is 0.202. The van der Waals surface area contributed by atoms with E-state index in [1.54, 1.807) is 24.3 Å². The van der Waals surface area contributed by atoms with Crippen LogP contribution in [0.25, 0.3) is 11.5 Å². The van der Waals surface area contributed by atoms with Crippen molar-refractivity contribution < 1.29 is 14.3 Å². The smallest absolute Gasteiger partial charge is 0.434 e. The molecule has 22 heavy (non-hydrogen) atoms. The average Bonchev–Trinajstić information content (AvgIpc) is 2.94. The lowest BCUT2D eigenvalue weighted by Gasteiger charge is -2.01. The normalized spacial score (nSPS) is 9.73. The molecule has 1 heterocycles. The molecule has 2 aromatic rings. The summed E-state index contributed by atoms with van der Waals surface area (Å²) < 4.78 is 4.78. The summed E-state index contributed by atoms with van der Waals surface area (Å²) in [6.07, 6.45) is 3.00. The van der Waals surface area contributed by atoms with Crippen LogP contribution in [0.4, 0.5) is 4.79 Å². The quantitative estimate of drug-likeness (QED) is 0.787. The van der Waals surface area contributed by atoms with Gasteiger partial charge in [-0.2, -0.15) is 0 Å². The summed E-state index contributed by atoms with van der Waals surface area (Å²) in [4.78, 5) is 21.0. The van der Waals surface area contributed by atoms with Crippen LogP contribution in [0.2, 0.25) is 0 Å². The lowest BCUT2D eigenvalue weighted by molar-refractivity contribution is 0.194. The first kappa shape index (κ1) is 17.5. The lowest BCUT2D eigenvalue weighted by atomic mass is 10.1. The molecule has 3 N–H and O–H groups in total. The zero-order valence-corrected chi connectivity index (χ0v) is 12.8. The summed E-state index contributed by atoms with van der Waals surface area (Å²) in [5, 5.41) is 16.5. The van der Waals surface area contributed by atoms with E-state index in [9.17, 15) is 9.59 Å². The Morgan fingerprint density at radius 3 is 2.32 bits per heavy atom. The number of hydrogen-bond acceptors (Lipinski definition) is 4. The lowest BCUT2D eigenvalue weighted by Crippen LogP contribution is -2.19. The van der Waals surface area contributed by atoms with Crippen LogP contribution >= 0.6 is 0 Å². The zero-order valence-electron chi connectivity index (χ0n) is 12.8. The Morgan fingerprint density at radius 2 is 1.91 bits per heavy atom. The van der Waals surface area contributed by atoms with Crippen molar-refractivity contribution in [2.45, 2.75) is 39.7 Å². The molecule has 0 aliphatic rings. The molecule has 0 saturated heterocycles. The third kappa shape index (κ3) is 6.25. The third-order valence-electron chi connectivity index (χ3n) is 2.79. The van der Waals surface area contributed by atoms with Gasteiger partial charge in [-0.3, -0.25) is 0 Å². The number of nitrogens with zero attached hydrogens (tertiary/aromatic N) is 1. The highest BCUT2D eigenvalue weighted by atomic mass is 16.4. The zero-order chi connectivity index (χ0) is 16.4. The number of benzene rings is 1. The average molecular weight is 307 g/mol. The van der Waals surface area contributed by atoms with E-state index in [0.717, 1.165) is 5.56 Å². The fourth-order valence-electron chi connectivity index (χ4n) is 1.65. The summed E-state index contributed by atoms with van der Waals surface area (Å²) in [6.45, 7) is 4.65. The van der Waals surface area contributed by atoms with Gasteiger partial charge in [-0.05, 0) is 17.7 Å². The third-order valence-corrected chi connectivity index (χ3v) is 2.79. The van der Waals surface area contributed by atoms with Gasteiger partial charge in [0.05, 0.1) is 0 Å². The van der Waals surface area contributed by atoms with E-state index in [-0.39, 0.29) is 12.4 Å². The highest BCUT2D eigenvalue weighted by Gasteiger charge is 2.04. The maximum atomic E-state index is 10.7. The molecule has 2 rings (SSSR count). The molecule has 7 nitrogen and oxygen atoms in total. The molecule has 1 amide bonds. The number of unbranched alkanes of at least 4 members (excludes halogenated alkanes) is 2. The summed E-state index contributed by atoms with van der Waals surface area (Å²) in [5.74, 6) is -0.413. The molecular formula is C15H21N3O4. The van der Waals surface area contributed by atoms with Gasteiger partial charge in [0.1, 0.15) is 0 Å². The van der Waals surface area contributed by atoms with Crippen LogP contribution in [0.3, 0.4) is 0 Å². The molecule has 1 aromatic carbocycles. The molecule has 0 fully saturated rings. The molecule has 1 aromatic heterocycles. The van der Waals surface area contributed by atoms with Crippen molar-refractivity contribution in [3.63, 3.8) is 0 Å². The van der Waals surface area contributed by atoms with Gasteiger partial charge in [0.15, 0.2) is 0 Å². The molecule has 0 radical (unpaired) electrons. The van der Waals surface area contributed by atoms with Gasteiger partial charge in [-0.15, -0.1) is 5.10 Å². The van der Waals surface area contributed by atoms with Crippen molar-refractivity contribution in [3.05, 3.63) is 40.4 Å². The number of aromatic amines is 1. The number of rotatable bonds is 5. The van der Waals surface area contributed by atoms with Crippen LogP contribution in [0, 0.1) is 0 Å². The molecule has 0 bridgehead atoms. The van der Waals surface area contributed by atoms with Crippen LogP contribution in [0.1, 0.15) is 38.7 Å². The van der Waals surface area contributed by atoms with Crippen molar-refractivity contribution in [3.8, 4) is 11.5 Å². The molecule has 120 valence electrons. The van der Waals surface area contributed by atoms with Crippen molar-refractivity contribution in [1.29, 1.82) is 0 Å². The van der Waals surface area contributed by atoms with E-state index in [0.29, 0.717) is 5.56 Å². The second kappa shape index (κ2) is 9.38. The van der Waals surface area contributed by atoms with Gasteiger partial charge in [0, 0.05) is 12.1 Å². The molecule has 0 saturated carbocycles. The SMILES string of the molecule is CCCCC.O=C(O)NCc1ccc(-c2n[nH]c(=O)o2)cc1. The van der Waals surface area contributed by atoms with E-state index in [4.69, 9.17) is 9.52 Å². The number of nitrogens with one attached hydrogen (secondary N) is 2. The van der Waals surface area contributed by atoms with E-state index >= 15 is 0 Å². The van der Waals surface area contributed by atoms with Gasteiger partial charge in [-0.25, -0.2) is 14.7 Å². The minimum Gasteiger partial charge on any atom is -0.465 e. The van der Waals surface area contributed by atoms with Crippen LogP contribution < -0.4 is 11.1 Å². The van der Waals surface area contributed by atoms with E-state index in [1.165, 1.54) is 19.3 Å². The molecule has 0 spiro atoms. The molecular weight excluding hydrogens is 286 g/mol. The number of carbonyl (C=O) groups is 1. The van der Waals surface area contributed by atoms with Crippen LogP contribution in [-0.4, -0.2) is 21.4 Å². The maximum Gasteiger partial charge on any atom is 0.434 e. The second-order valence-corrected chi connectivity index (χ2v) is 4.63. The van der Waals surface area contributed by atoms with E-state index in [1.807, 2.05) is 0 Å². The Morgan fingerprint density at radius 1 is 1.27 bits per heavy atom. The highest BCUT2D eigenvalue weighted by molar-refractivity contribution is 5.64. The van der Waals surface area contributed by atoms with E-state index in [2.05, 4.69) is 29.4 Å². The van der Waals surface area contributed by atoms with Crippen molar-refractivity contribution in [2.75, 3.05) is 0 Å². The first-order valence-corrected chi connectivity index (χ1v) is 7.18. The number of carboxylic acid groups (broad SMARTS) is 1. The van der Waals surface area contributed by atoms with E-state index < -0.39 is 11.8 Å². The number of amides is 1.